The zero-order chi connectivity index (χ0) is 14.0. The molecule has 2 rings (SSSR count). The molecular weight excluding hydrogens is 290 g/mol. The van der Waals surface area contributed by atoms with E-state index in [9.17, 15) is 18.5 Å². The van der Waals surface area contributed by atoms with Gasteiger partial charge in [-0.2, -0.15) is 0 Å². The Labute approximate surface area is 114 Å². The van der Waals surface area contributed by atoms with Crippen LogP contribution in [-0.2, 0) is 10.0 Å². The van der Waals surface area contributed by atoms with E-state index in [2.05, 4.69) is 5.10 Å². The molecule has 0 bridgehead atoms. The predicted octanol–water partition coefficient (Wildman–Crippen LogP) is 1.28. The van der Waals surface area contributed by atoms with Crippen molar-refractivity contribution in [2.75, 3.05) is 12.3 Å². The van der Waals surface area contributed by atoms with Crippen molar-refractivity contribution >= 4 is 27.0 Å². The molecule has 0 unspecified atom stereocenters. The van der Waals surface area contributed by atoms with Gasteiger partial charge in [0.2, 0.25) is 0 Å². The highest BCUT2D eigenvalue weighted by atomic mass is 32.2. The summed E-state index contributed by atoms with van der Waals surface area (Å²) >= 11 is 1.06. The molecule has 0 aliphatic carbocycles. The average Bonchev–Trinajstić information content (AvgIpc) is 2.77. The van der Waals surface area contributed by atoms with Crippen LogP contribution in [-0.4, -0.2) is 35.2 Å². The minimum absolute atomic E-state index is 0.0921. The third kappa shape index (κ3) is 2.87. The van der Waals surface area contributed by atoms with E-state index < -0.39 is 15.1 Å². The molecule has 0 radical (unpaired) electrons. The molecule has 19 heavy (non-hydrogen) atoms. The Morgan fingerprint density at radius 3 is 2.58 bits per heavy atom. The SMILES string of the molecule is Cc1ccc(S(=O)(=O)N2CCSC2=N[N+](=O)[O-])cc1. The summed E-state index contributed by atoms with van der Waals surface area (Å²) < 4.78 is 25.7. The fourth-order valence-corrected chi connectivity index (χ4v) is 4.29. The molecule has 0 aromatic heterocycles. The first-order valence-electron chi connectivity index (χ1n) is 5.36. The first kappa shape index (κ1) is 13.8. The van der Waals surface area contributed by atoms with Crippen molar-refractivity contribution in [3.05, 3.63) is 39.9 Å². The number of aryl methyl sites for hydroxylation is 1. The van der Waals surface area contributed by atoms with E-state index in [1.165, 1.54) is 12.1 Å². The highest BCUT2D eigenvalue weighted by Gasteiger charge is 2.34. The summed E-state index contributed by atoms with van der Waals surface area (Å²) in [6, 6.07) is 6.33. The summed E-state index contributed by atoms with van der Waals surface area (Å²) in [5, 5.41) is 12.5. The lowest BCUT2D eigenvalue weighted by Gasteiger charge is -2.16. The number of thioether (sulfide) groups is 1. The van der Waals surface area contributed by atoms with Crippen LogP contribution in [0.2, 0.25) is 0 Å². The second-order valence-corrected chi connectivity index (χ2v) is 6.78. The summed E-state index contributed by atoms with van der Waals surface area (Å²) in [6.07, 6.45) is 0. The third-order valence-electron chi connectivity index (χ3n) is 2.52. The number of hydrogen-bond acceptors (Lipinski definition) is 5. The van der Waals surface area contributed by atoms with Gasteiger partial charge in [0.15, 0.2) is 5.03 Å². The fraction of sp³-hybridized carbons (Fsp3) is 0.300. The number of hydrazone groups is 1. The van der Waals surface area contributed by atoms with E-state index in [0.29, 0.717) is 5.75 Å². The lowest BCUT2D eigenvalue weighted by molar-refractivity contribution is -0.485. The molecular formula is C10H11N3O4S2. The van der Waals surface area contributed by atoms with Crippen molar-refractivity contribution in [2.45, 2.75) is 11.8 Å². The van der Waals surface area contributed by atoms with E-state index in [1.807, 2.05) is 6.92 Å². The second kappa shape index (κ2) is 5.17. The van der Waals surface area contributed by atoms with E-state index in [1.54, 1.807) is 12.1 Å². The smallest absolute Gasteiger partial charge is 0.238 e. The molecule has 7 nitrogen and oxygen atoms in total. The molecule has 1 heterocycles. The molecule has 0 saturated carbocycles. The highest BCUT2D eigenvalue weighted by Crippen LogP contribution is 2.26. The number of amidine groups is 1. The maximum atomic E-state index is 12.3. The standard InChI is InChI=1S/C10H11N3O4S2/c1-8-2-4-9(5-3-8)19(16,17)12-6-7-18-10(12)11-13(14)15/h2-5H,6-7H2,1H3. The van der Waals surface area contributed by atoms with E-state index in [-0.39, 0.29) is 16.6 Å². The molecule has 1 aliphatic heterocycles. The summed E-state index contributed by atoms with van der Waals surface area (Å²) in [6.45, 7) is 2.04. The topological polar surface area (TPSA) is 92.9 Å². The number of hydrogen-bond donors (Lipinski definition) is 0. The summed E-state index contributed by atoms with van der Waals surface area (Å²) in [4.78, 5) is 10.5. The largest absolute Gasteiger partial charge is 0.266 e. The minimum Gasteiger partial charge on any atom is -0.238 e. The van der Waals surface area contributed by atoms with Gasteiger partial charge in [-0.1, -0.05) is 29.5 Å². The molecule has 0 atom stereocenters. The van der Waals surface area contributed by atoms with Crippen LogP contribution in [0.25, 0.3) is 0 Å². The van der Waals surface area contributed by atoms with Gasteiger partial charge in [-0.15, -0.1) is 0 Å². The van der Waals surface area contributed by atoms with Gasteiger partial charge in [-0.05, 0) is 19.1 Å². The normalized spacial score (nSPS) is 17.9. The molecule has 1 aromatic carbocycles. The molecule has 9 heteroatoms. The zero-order valence-electron chi connectivity index (χ0n) is 10.0. The van der Waals surface area contributed by atoms with E-state index in [0.717, 1.165) is 21.6 Å². The molecule has 1 saturated heterocycles. The maximum absolute atomic E-state index is 12.3. The molecule has 0 spiro atoms. The number of nitrogens with zero attached hydrogens (tertiary/aromatic N) is 3. The molecule has 0 N–H and O–H groups in total. The Hall–Kier alpha value is -1.61. The van der Waals surface area contributed by atoms with Crippen molar-refractivity contribution in [1.29, 1.82) is 0 Å². The number of benzene rings is 1. The van der Waals surface area contributed by atoms with Crippen LogP contribution >= 0.6 is 11.8 Å². The monoisotopic (exact) mass is 301 g/mol. The molecule has 1 aliphatic rings. The van der Waals surface area contributed by atoms with E-state index >= 15 is 0 Å². The molecule has 1 aromatic rings. The van der Waals surface area contributed by atoms with Gasteiger partial charge in [0.1, 0.15) is 0 Å². The molecule has 0 amide bonds. The first-order valence-corrected chi connectivity index (χ1v) is 7.79. The van der Waals surface area contributed by atoms with Gasteiger partial charge in [-0.3, -0.25) is 0 Å². The number of rotatable bonds is 3. The van der Waals surface area contributed by atoms with Gasteiger partial charge in [-0.25, -0.2) is 22.8 Å². The van der Waals surface area contributed by atoms with Crippen LogP contribution in [0.1, 0.15) is 5.56 Å². The van der Waals surface area contributed by atoms with Gasteiger partial charge >= 0.3 is 0 Å². The Morgan fingerprint density at radius 1 is 1.37 bits per heavy atom. The van der Waals surface area contributed by atoms with Crippen molar-refractivity contribution < 1.29 is 13.5 Å². The van der Waals surface area contributed by atoms with Crippen LogP contribution in [0.5, 0.6) is 0 Å². The van der Waals surface area contributed by atoms with Crippen LogP contribution in [0.4, 0.5) is 0 Å². The molecule has 102 valence electrons. The van der Waals surface area contributed by atoms with Crippen LogP contribution in [0.15, 0.2) is 34.3 Å². The van der Waals surface area contributed by atoms with Gasteiger partial charge in [0.05, 0.1) is 10.00 Å². The second-order valence-electron chi connectivity index (χ2n) is 3.86. The van der Waals surface area contributed by atoms with E-state index in [4.69, 9.17) is 0 Å². The predicted molar refractivity (Wildman–Crippen MR) is 72.0 cm³/mol. The van der Waals surface area contributed by atoms with Gasteiger partial charge < -0.3 is 0 Å². The average molecular weight is 301 g/mol. The highest BCUT2D eigenvalue weighted by molar-refractivity contribution is 8.15. The third-order valence-corrected chi connectivity index (χ3v) is 5.38. The Kier molecular flexibility index (Phi) is 3.76. The Balaban J connectivity index is 2.39. The Morgan fingerprint density at radius 2 is 2.00 bits per heavy atom. The first-order chi connectivity index (χ1) is 8.91. The Bertz CT molecular complexity index is 625. The van der Waals surface area contributed by atoms with Crippen LogP contribution in [0, 0.1) is 17.0 Å². The summed E-state index contributed by atoms with van der Waals surface area (Å²) in [5.74, 6) is 0.456. The number of nitro groups is 1. The van der Waals surface area contributed by atoms with Crippen molar-refractivity contribution in [3.8, 4) is 0 Å². The summed E-state index contributed by atoms with van der Waals surface area (Å²) in [5.41, 5.74) is 0.939. The zero-order valence-corrected chi connectivity index (χ0v) is 11.6. The summed E-state index contributed by atoms with van der Waals surface area (Å²) in [7, 11) is -3.77. The van der Waals surface area contributed by atoms with Crippen molar-refractivity contribution in [1.82, 2.24) is 4.31 Å². The van der Waals surface area contributed by atoms with Gasteiger partial charge in [0.25, 0.3) is 15.2 Å². The minimum atomic E-state index is -3.77. The van der Waals surface area contributed by atoms with Gasteiger partial charge in [0, 0.05) is 12.3 Å². The lowest BCUT2D eigenvalue weighted by atomic mass is 10.2. The van der Waals surface area contributed by atoms with Crippen LogP contribution < -0.4 is 0 Å². The lowest BCUT2D eigenvalue weighted by Crippen LogP contribution is -2.32. The maximum Gasteiger partial charge on any atom is 0.266 e. The van der Waals surface area contributed by atoms with Crippen LogP contribution in [0.3, 0.4) is 0 Å². The molecule has 1 fully saturated rings. The quantitative estimate of drug-likeness (QED) is 0.619. The fourth-order valence-electron chi connectivity index (χ4n) is 1.60. The van der Waals surface area contributed by atoms with Crippen molar-refractivity contribution in [2.24, 2.45) is 5.10 Å². The van der Waals surface area contributed by atoms with Crippen molar-refractivity contribution in [3.63, 3.8) is 0 Å². The number of sulfonamides is 1.